The van der Waals surface area contributed by atoms with E-state index in [4.69, 9.17) is 9.47 Å². The minimum Gasteiger partial charge on any atom is -0.494 e. The number of morpholine rings is 1. The van der Waals surface area contributed by atoms with E-state index in [1.165, 1.54) is 6.07 Å². The van der Waals surface area contributed by atoms with E-state index in [0.717, 1.165) is 62.7 Å². The summed E-state index contributed by atoms with van der Waals surface area (Å²) in [6.07, 6.45) is 3.95. The summed E-state index contributed by atoms with van der Waals surface area (Å²) in [7, 11) is 0. The summed E-state index contributed by atoms with van der Waals surface area (Å²) in [6, 6.07) is 9.12. The molecule has 4 rings (SSSR count). The maximum atomic E-state index is 14.3. The summed E-state index contributed by atoms with van der Waals surface area (Å²) < 4.78 is 39.6. The van der Waals surface area contributed by atoms with Crippen LogP contribution in [0.1, 0.15) is 43.0 Å². The molecule has 0 spiro atoms. The molecule has 0 radical (unpaired) electrons. The minimum absolute atomic E-state index is 0. The summed E-state index contributed by atoms with van der Waals surface area (Å²) >= 11 is 1.12. The molecule has 3 aromatic rings. The molecule has 10 heteroatoms. The fourth-order valence-electron chi connectivity index (χ4n) is 4.01. The number of benzene rings is 2. The van der Waals surface area contributed by atoms with E-state index < -0.39 is 11.6 Å². The average Bonchev–Trinajstić information content (AvgIpc) is 3.29. The molecule has 1 aromatic heterocycles. The second-order valence-electron chi connectivity index (χ2n) is 8.58. The average molecular weight is 540 g/mol. The van der Waals surface area contributed by atoms with Crippen molar-refractivity contribution in [2.45, 2.75) is 32.6 Å². The van der Waals surface area contributed by atoms with E-state index in [1.807, 2.05) is 0 Å². The van der Waals surface area contributed by atoms with Gasteiger partial charge in [0.05, 0.1) is 24.5 Å². The van der Waals surface area contributed by atoms with Gasteiger partial charge in [-0.15, -0.1) is 12.4 Å². The van der Waals surface area contributed by atoms with E-state index in [9.17, 15) is 13.6 Å². The van der Waals surface area contributed by atoms with Crippen LogP contribution in [0.25, 0.3) is 10.2 Å². The van der Waals surface area contributed by atoms with Gasteiger partial charge in [0.15, 0.2) is 10.9 Å². The van der Waals surface area contributed by atoms with Crippen molar-refractivity contribution in [3.8, 4) is 5.75 Å². The molecular weight excluding hydrogens is 508 g/mol. The van der Waals surface area contributed by atoms with Gasteiger partial charge in [0.1, 0.15) is 17.1 Å². The number of fused-ring (bicyclic) bond motifs is 1. The Labute approximate surface area is 220 Å². The van der Waals surface area contributed by atoms with Gasteiger partial charge in [-0.3, -0.25) is 14.6 Å². The van der Waals surface area contributed by atoms with Crippen LogP contribution >= 0.6 is 23.7 Å². The molecule has 36 heavy (non-hydrogen) atoms. The molecule has 0 bridgehead atoms. The zero-order chi connectivity index (χ0) is 24.6. The molecule has 0 unspecified atom stereocenters. The quantitative estimate of drug-likeness (QED) is 0.282. The predicted molar refractivity (Wildman–Crippen MR) is 142 cm³/mol. The standard InChI is InChI=1S/C26H31F2N3O3S.ClH/c1-2-3-4-14-34-21-8-6-19(7-9-21)25(32)31(11-5-10-30-12-15-33-16-13-30)26-29-24-22(28)17-20(27)18-23(24)35-26;/h6-9,17-18H,2-5,10-16H2,1H3;1H. The SMILES string of the molecule is CCCCCOc1ccc(C(=O)N(CCCN2CCOCC2)c2nc3c(F)cc(F)cc3s2)cc1.Cl. The molecule has 0 N–H and O–H groups in total. The van der Waals surface area contributed by atoms with Crippen molar-refractivity contribution in [3.05, 3.63) is 53.6 Å². The second kappa shape index (κ2) is 13.8. The summed E-state index contributed by atoms with van der Waals surface area (Å²) in [4.78, 5) is 21.7. The lowest BCUT2D eigenvalue weighted by Crippen LogP contribution is -2.39. The first kappa shape index (κ1) is 28.2. The largest absolute Gasteiger partial charge is 0.494 e. The third-order valence-corrected chi connectivity index (χ3v) is 6.98. The van der Waals surface area contributed by atoms with Crippen LogP contribution in [0.2, 0.25) is 0 Å². The number of thiazole rings is 1. The van der Waals surface area contributed by atoms with Gasteiger partial charge in [0.2, 0.25) is 0 Å². The van der Waals surface area contributed by atoms with E-state index in [-0.39, 0.29) is 23.8 Å². The van der Waals surface area contributed by atoms with Crippen LogP contribution in [0, 0.1) is 11.6 Å². The number of anilines is 1. The molecule has 1 amide bonds. The zero-order valence-electron chi connectivity index (χ0n) is 20.4. The summed E-state index contributed by atoms with van der Waals surface area (Å²) in [5.74, 6) is -0.906. The van der Waals surface area contributed by atoms with Crippen LogP contribution in [0.15, 0.2) is 36.4 Å². The molecule has 0 aliphatic carbocycles. The van der Waals surface area contributed by atoms with Crippen LogP contribution < -0.4 is 9.64 Å². The number of carbonyl (C=O) groups is 1. The lowest BCUT2D eigenvalue weighted by molar-refractivity contribution is 0.0376. The fourth-order valence-corrected chi connectivity index (χ4v) is 5.04. The van der Waals surface area contributed by atoms with Crippen molar-refractivity contribution >= 4 is 45.0 Å². The molecule has 1 fully saturated rings. The Bertz CT molecular complexity index is 1120. The number of unbranched alkanes of at least 4 members (excludes halogenated alkanes) is 2. The third-order valence-electron chi connectivity index (χ3n) is 5.96. The first-order valence-electron chi connectivity index (χ1n) is 12.2. The first-order chi connectivity index (χ1) is 17.0. The maximum absolute atomic E-state index is 14.3. The molecule has 1 saturated heterocycles. The fraction of sp³-hybridized carbons (Fsp3) is 0.462. The number of hydrogen-bond acceptors (Lipinski definition) is 6. The van der Waals surface area contributed by atoms with Gasteiger partial charge < -0.3 is 9.47 Å². The second-order valence-corrected chi connectivity index (χ2v) is 9.58. The Morgan fingerprint density at radius 2 is 1.89 bits per heavy atom. The number of hydrogen-bond donors (Lipinski definition) is 0. The molecule has 196 valence electrons. The smallest absolute Gasteiger partial charge is 0.260 e. The highest BCUT2D eigenvalue weighted by Crippen LogP contribution is 2.32. The van der Waals surface area contributed by atoms with E-state index in [0.29, 0.717) is 47.5 Å². The van der Waals surface area contributed by atoms with Gasteiger partial charge in [0, 0.05) is 37.8 Å². The number of carbonyl (C=O) groups excluding carboxylic acids is 1. The number of nitrogens with zero attached hydrogens (tertiary/aromatic N) is 3. The maximum Gasteiger partial charge on any atom is 0.260 e. The van der Waals surface area contributed by atoms with Gasteiger partial charge in [0.25, 0.3) is 5.91 Å². The van der Waals surface area contributed by atoms with Gasteiger partial charge >= 0.3 is 0 Å². The number of amides is 1. The minimum atomic E-state index is -0.729. The van der Waals surface area contributed by atoms with Crippen LogP contribution in [0.4, 0.5) is 13.9 Å². The van der Waals surface area contributed by atoms with E-state index in [2.05, 4.69) is 16.8 Å². The summed E-state index contributed by atoms with van der Waals surface area (Å²) in [6.45, 7) is 7.14. The molecule has 1 aliphatic heterocycles. The predicted octanol–water partition coefficient (Wildman–Crippen LogP) is 5.93. The number of ether oxygens (including phenoxy) is 2. The molecule has 6 nitrogen and oxygen atoms in total. The molecule has 2 aromatic carbocycles. The first-order valence-corrected chi connectivity index (χ1v) is 13.0. The van der Waals surface area contributed by atoms with Gasteiger partial charge in [-0.05, 0) is 43.2 Å². The number of aromatic nitrogens is 1. The van der Waals surface area contributed by atoms with Gasteiger partial charge in [-0.1, -0.05) is 31.1 Å². The molecule has 0 atom stereocenters. The Balaban J connectivity index is 0.00000361. The summed E-state index contributed by atoms with van der Waals surface area (Å²) in [5, 5.41) is 0.358. The Hall–Kier alpha value is -2.33. The molecule has 1 aliphatic rings. The molecular formula is C26H32ClF2N3O3S. The van der Waals surface area contributed by atoms with Crippen molar-refractivity contribution < 1.29 is 23.0 Å². The summed E-state index contributed by atoms with van der Waals surface area (Å²) in [5.41, 5.74) is 0.566. The van der Waals surface area contributed by atoms with Crippen LogP contribution in [0.5, 0.6) is 5.75 Å². The van der Waals surface area contributed by atoms with Crippen molar-refractivity contribution in [3.63, 3.8) is 0 Å². The van der Waals surface area contributed by atoms with Crippen molar-refractivity contribution in [2.24, 2.45) is 0 Å². The topological polar surface area (TPSA) is 54.9 Å². The van der Waals surface area contributed by atoms with Crippen LogP contribution in [-0.2, 0) is 4.74 Å². The number of rotatable bonds is 11. The molecule has 0 saturated carbocycles. The van der Waals surface area contributed by atoms with E-state index >= 15 is 0 Å². The highest BCUT2D eigenvalue weighted by molar-refractivity contribution is 7.22. The Kier molecular flexibility index (Phi) is 10.9. The van der Waals surface area contributed by atoms with Crippen LogP contribution in [-0.4, -0.2) is 61.8 Å². The lowest BCUT2D eigenvalue weighted by atomic mass is 10.2. The molecule has 2 heterocycles. The van der Waals surface area contributed by atoms with Crippen molar-refractivity contribution in [1.29, 1.82) is 0 Å². The van der Waals surface area contributed by atoms with E-state index in [1.54, 1.807) is 29.2 Å². The van der Waals surface area contributed by atoms with Gasteiger partial charge in [-0.25, -0.2) is 13.8 Å². The van der Waals surface area contributed by atoms with Crippen molar-refractivity contribution in [1.82, 2.24) is 9.88 Å². The monoisotopic (exact) mass is 539 g/mol. The highest BCUT2D eigenvalue weighted by Gasteiger charge is 2.23. The highest BCUT2D eigenvalue weighted by atomic mass is 35.5. The Morgan fingerprint density at radius 3 is 2.61 bits per heavy atom. The Morgan fingerprint density at radius 1 is 1.14 bits per heavy atom. The van der Waals surface area contributed by atoms with Gasteiger partial charge in [-0.2, -0.15) is 0 Å². The van der Waals surface area contributed by atoms with Crippen LogP contribution in [0.3, 0.4) is 0 Å². The number of halogens is 3. The normalized spacial score (nSPS) is 14.0. The zero-order valence-corrected chi connectivity index (χ0v) is 22.0. The lowest BCUT2D eigenvalue weighted by Gasteiger charge is -2.27. The van der Waals surface area contributed by atoms with Crippen molar-refractivity contribution in [2.75, 3.05) is 50.9 Å². The third kappa shape index (κ3) is 7.35.